The molecule has 172 valence electrons. The van der Waals surface area contributed by atoms with Crippen molar-refractivity contribution < 1.29 is 29.3 Å². The minimum atomic E-state index is -1.43. The van der Waals surface area contributed by atoms with E-state index in [4.69, 9.17) is 9.47 Å². The third kappa shape index (κ3) is 6.48. The summed E-state index contributed by atoms with van der Waals surface area (Å²) in [6.45, 7) is 11.0. The first-order chi connectivity index (χ1) is 14.4. The standard InChI is InChI=1S/C25H36O6/c1-16(2)8-7-11-24(5)12-9-18(15-26)21(28)22(29)23-25(6,31-23)19(10-13-24)30-20(27)14-17(3)4/h8-10,13-14,19,22-23,26,29H,7,11-12,15H2,1-6H3/b13-10+,18-9-/t19-,22-,23+,24+,25+/m1/s1. The molecule has 0 spiro atoms. The summed E-state index contributed by atoms with van der Waals surface area (Å²) in [6, 6.07) is 0. The van der Waals surface area contributed by atoms with Crippen molar-refractivity contribution in [3.63, 3.8) is 0 Å². The monoisotopic (exact) mass is 432 g/mol. The number of allylic oxidation sites excluding steroid dienone is 5. The van der Waals surface area contributed by atoms with Crippen LogP contribution in [0.1, 0.15) is 60.8 Å². The lowest BCUT2D eigenvalue weighted by Gasteiger charge is -2.26. The second-order valence-electron chi connectivity index (χ2n) is 9.54. The van der Waals surface area contributed by atoms with E-state index in [1.165, 1.54) is 11.6 Å². The lowest BCUT2D eigenvalue weighted by Crippen LogP contribution is -2.39. The van der Waals surface area contributed by atoms with Crippen LogP contribution in [0, 0.1) is 5.41 Å². The summed E-state index contributed by atoms with van der Waals surface area (Å²) in [5.41, 5.74) is 0.839. The van der Waals surface area contributed by atoms with Crippen LogP contribution in [0.2, 0.25) is 0 Å². The summed E-state index contributed by atoms with van der Waals surface area (Å²) in [7, 11) is 0. The van der Waals surface area contributed by atoms with E-state index in [-0.39, 0.29) is 11.0 Å². The van der Waals surface area contributed by atoms with Crippen molar-refractivity contribution in [2.45, 2.75) is 84.7 Å². The van der Waals surface area contributed by atoms with Gasteiger partial charge in [0.2, 0.25) is 0 Å². The number of epoxide rings is 1. The van der Waals surface area contributed by atoms with Crippen LogP contribution in [0.4, 0.5) is 0 Å². The van der Waals surface area contributed by atoms with E-state index in [1.807, 2.05) is 26.0 Å². The molecule has 0 aromatic heterocycles. The molecule has 0 radical (unpaired) electrons. The number of ketones is 1. The summed E-state index contributed by atoms with van der Waals surface area (Å²) in [5.74, 6) is -1.06. The fraction of sp³-hybridized carbons (Fsp3) is 0.600. The van der Waals surface area contributed by atoms with Crippen molar-refractivity contribution in [2.75, 3.05) is 6.61 Å². The Bertz CT molecular complexity index is 812. The van der Waals surface area contributed by atoms with E-state index in [2.05, 4.69) is 13.0 Å². The molecule has 1 fully saturated rings. The van der Waals surface area contributed by atoms with Gasteiger partial charge in [0, 0.05) is 11.6 Å². The van der Waals surface area contributed by atoms with Gasteiger partial charge in [0.15, 0.2) is 11.9 Å². The van der Waals surface area contributed by atoms with Crippen LogP contribution < -0.4 is 0 Å². The predicted octanol–water partition coefficient (Wildman–Crippen LogP) is 3.58. The molecule has 5 atom stereocenters. The van der Waals surface area contributed by atoms with Crippen LogP contribution in [0.5, 0.6) is 0 Å². The fourth-order valence-corrected chi connectivity index (χ4v) is 3.78. The highest BCUT2D eigenvalue weighted by atomic mass is 16.7. The van der Waals surface area contributed by atoms with Gasteiger partial charge in [-0.1, -0.05) is 36.3 Å². The summed E-state index contributed by atoms with van der Waals surface area (Å²) in [4.78, 5) is 25.1. The Balaban J connectivity index is 2.43. The topological polar surface area (TPSA) is 96.4 Å². The van der Waals surface area contributed by atoms with E-state index < -0.39 is 42.3 Å². The zero-order valence-corrected chi connectivity index (χ0v) is 19.5. The maximum atomic E-state index is 12.8. The van der Waals surface area contributed by atoms with E-state index in [1.54, 1.807) is 26.8 Å². The molecule has 6 nitrogen and oxygen atoms in total. The number of hydrogen-bond acceptors (Lipinski definition) is 6. The molecule has 0 amide bonds. The largest absolute Gasteiger partial charge is 0.452 e. The normalized spacial score (nSPS) is 35.5. The highest BCUT2D eigenvalue weighted by Gasteiger charge is 2.63. The molecule has 0 saturated carbocycles. The number of carbonyl (C=O) groups is 2. The Kier molecular flexibility index (Phi) is 8.20. The smallest absolute Gasteiger partial charge is 0.331 e. The molecule has 2 aliphatic rings. The summed E-state index contributed by atoms with van der Waals surface area (Å²) >= 11 is 0. The zero-order chi connectivity index (χ0) is 23.4. The molecule has 6 heteroatoms. The summed E-state index contributed by atoms with van der Waals surface area (Å²) < 4.78 is 11.4. The first kappa shape index (κ1) is 25.2. The van der Waals surface area contributed by atoms with E-state index in [9.17, 15) is 19.8 Å². The number of ether oxygens (including phenoxy) is 2. The second-order valence-corrected chi connectivity index (χ2v) is 9.54. The van der Waals surface area contributed by atoms with Crippen LogP contribution in [0.3, 0.4) is 0 Å². The summed E-state index contributed by atoms with van der Waals surface area (Å²) in [6.07, 6.45) is 8.22. The van der Waals surface area contributed by atoms with Gasteiger partial charge in [0.25, 0.3) is 0 Å². The molecule has 1 saturated heterocycles. The van der Waals surface area contributed by atoms with Crippen molar-refractivity contribution in [2.24, 2.45) is 5.41 Å². The lowest BCUT2D eigenvalue weighted by atomic mass is 9.80. The number of rotatable bonds is 6. The van der Waals surface area contributed by atoms with Gasteiger partial charge in [0.1, 0.15) is 17.8 Å². The third-order valence-corrected chi connectivity index (χ3v) is 5.90. The molecule has 1 aliphatic carbocycles. The Morgan fingerprint density at radius 1 is 1.26 bits per heavy atom. The Morgan fingerprint density at radius 3 is 2.52 bits per heavy atom. The van der Waals surface area contributed by atoms with Gasteiger partial charge < -0.3 is 19.7 Å². The fourth-order valence-electron chi connectivity index (χ4n) is 3.78. The van der Waals surface area contributed by atoms with Crippen LogP contribution in [0.25, 0.3) is 0 Å². The van der Waals surface area contributed by atoms with Gasteiger partial charge in [-0.3, -0.25) is 4.79 Å². The maximum Gasteiger partial charge on any atom is 0.331 e. The van der Waals surface area contributed by atoms with Crippen LogP contribution in [0.15, 0.2) is 47.1 Å². The third-order valence-electron chi connectivity index (χ3n) is 5.90. The van der Waals surface area contributed by atoms with E-state index in [0.717, 1.165) is 18.4 Å². The summed E-state index contributed by atoms with van der Waals surface area (Å²) in [5, 5.41) is 20.3. The number of carbonyl (C=O) groups excluding carboxylic acids is 2. The molecule has 0 bridgehead atoms. The molecule has 2 N–H and O–H groups in total. The number of hydrogen-bond donors (Lipinski definition) is 2. The quantitative estimate of drug-likeness (QED) is 0.288. The second kappa shape index (κ2) is 10.1. The number of aliphatic hydroxyl groups is 2. The van der Waals surface area contributed by atoms with Gasteiger partial charge in [-0.15, -0.1) is 0 Å². The van der Waals surface area contributed by atoms with E-state index >= 15 is 0 Å². The predicted molar refractivity (Wildman–Crippen MR) is 119 cm³/mol. The van der Waals surface area contributed by atoms with Crippen molar-refractivity contribution in [1.29, 1.82) is 0 Å². The molecular weight excluding hydrogens is 396 g/mol. The molecule has 0 unspecified atom stereocenters. The average molecular weight is 433 g/mol. The Morgan fingerprint density at radius 2 is 1.94 bits per heavy atom. The molecule has 0 aromatic carbocycles. The molecular formula is C25H36O6. The van der Waals surface area contributed by atoms with Crippen molar-refractivity contribution in [1.82, 2.24) is 0 Å². The number of Topliss-reactive ketones (excluding diaryl/α,β-unsaturated/α-hetero) is 1. The highest BCUT2D eigenvalue weighted by molar-refractivity contribution is 5.99. The maximum absolute atomic E-state index is 12.8. The number of aliphatic hydroxyl groups excluding tert-OH is 2. The molecule has 31 heavy (non-hydrogen) atoms. The van der Waals surface area contributed by atoms with Crippen molar-refractivity contribution >= 4 is 11.8 Å². The van der Waals surface area contributed by atoms with Gasteiger partial charge in [-0.2, -0.15) is 0 Å². The Labute approximate surface area is 185 Å². The molecule has 1 aliphatic heterocycles. The lowest BCUT2D eigenvalue weighted by molar-refractivity contribution is -0.143. The Hall–Kier alpha value is -2.02. The average Bonchev–Trinajstić information content (AvgIpc) is 3.36. The van der Waals surface area contributed by atoms with Gasteiger partial charge >= 0.3 is 5.97 Å². The highest BCUT2D eigenvalue weighted by Crippen LogP contribution is 2.45. The minimum Gasteiger partial charge on any atom is -0.452 e. The van der Waals surface area contributed by atoms with Crippen molar-refractivity contribution in [3.05, 3.63) is 47.1 Å². The van der Waals surface area contributed by atoms with E-state index in [0.29, 0.717) is 6.42 Å². The zero-order valence-electron chi connectivity index (χ0n) is 19.5. The van der Waals surface area contributed by atoms with Crippen LogP contribution in [-0.2, 0) is 19.1 Å². The molecule has 1 heterocycles. The molecule has 0 aromatic rings. The molecule has 2 rings (SSSR count). The van der Waals surface area contributed by atoms with Gasteiger partial charge in [0.05, 0.1) is 6.61 Å². The van der Waals surface area contributed by atoms with Crippen molar-refractivity contribution in [3.8, 4) is 0 Å². The van der Waals surface area contributed by atoms with Gasteiger partial charge in [-0.25, -0.2) is 4.79 Å². The SMILES string of the molecule is CC(C)=CCC[C@]1(C)/C=C/[C@@H](OC(=O)C=C(C)C)[C@]2(C)O[C@H]2[C@H](O)C(=O)/C(CO)=C\C1. The van der Waals surface area contributed by atoms with Crippen LogP contribution >= 0.6 is 0 Å². The van der Waals surface area contributed by atoms with Gasteiger partial charge in [-0.05, 0) is 65.4 Å². The first-order valence-corrected chi connectivity index (χ1v) is 10.8. The first-order valence-electron chi connectivity index (χ1n) is 10.8. The van der Waals surface area contributed by atoms with Crippen LogP contribution in [-0.4, -0.2) is 52.5 Å². The minimum absolute atomic E-state index is 0.173. The number of esters is 1. The number of fused-ring (bicyclic) bond motifs is 1.